The Labute approximate surface area is 179 Å². The lowest BCUT2D eigenvalue weighted by atomic mass is 9.95. The van der Waals surface area contributed by atoms with Gasteiger partial charge < -0.3 is 5.32 Å². The molecule has 1 aliphatic carbocycles. The Morgan fingerprint density at radius 2 is 1.65 bits per heavy atom. The minimum absolute atomic E-state index is 0.276. The Hall–Kier alpha value is -3.09. The molecule has 3 aromatic rings. The van der Waals surface area contributed by atoms with Crippen LogP contribution in [0.5, 0.6) is 0 Å². The first-order valence-electron chi connectivity index (χ1n) is 10.4. The average molecular weight is 427 g/mol. The molecule has 162 valence electrons. The molecule has 0 spiro atoms. The molecule has 2 aromatic carbocycles. The fraction of sp³-hybridized carbons (Fsp3) is 0.333. The van der Waals surface area contributed by atoms with E-state index < -0.39 is 11.9 Å². The lowest BCUT2D eigenvalue weighted by molar-refractivity contribution is -0.142. The summed E-state index contributed by atoms with van der Waals surface area (Å²) in [6.07, 6.45) is -1.95. The van der Waals surface area contributed by atoms with Gasteiger partial charge >= 0.3 is 6.18 Å². The summed E-state index contributed by atoms with van der Waals surface area (Å²) in [7, 11) is 0. The number of rotatable bonds is 4. The summed E-state index contributed by atoms with van der Waals surface area (Å²) >= 11 is 0. The van der Waals surface area contributed by atoms with Gasteiger partial charge in [0.1, 0.15) is 0 Å². The van der Waals surface area contributed by atoms with E-state index in [1.165, 1.54) is 10.2 Å². The number of carbonyl (C=O) groups is 1. The minimum atomic E-state index is -4.47. The van der Waals surface area contributed by atoms with Crippen LogP contribution in [0, 0.1) is 0 Å². The first-order valence-corrected chi connectivity index (χ1v) is 10.4. The van der Waals surface area contributed by atoms with Gasteiger partial charge in [0, 0.05) is 22.5 Å². The van der Waals surface area contributed by atoms with E-state index in [9.17, 15) is 18.0 Å². The quantitative estimate of drug-likeness (QED) is 0.543. The maximum Gasteiger partial charge on any atom is 0.435 e. The van der Waals surface area contributed by atoms with Crippen molar-refractivity contribution in [3.63, 3.8) is 0 Å². The number of amides is 1. The van der Waals surface area contributed by atoms with Crippen LogP contribution in [0.4, 0.5) is 18.9 Å². The third-order valence-corrected chi connectivity index (χ3v) is 5.66. The van der Waals surface area contributed by atoms with E-state index in [4.69, 9.17) is 0 Å². The summed E-state index contributed by atoms with van der Waals surface area (Å²) < 4.78 is 41.6. The van der Waals surface area contributed by atoms with Crippen LogP contribution in [0.25, 0.3) is 5.69 Å². The Bertz CT molecular complexity index is 1080. The van der Waals surface area contributed by atoms with Crippen LogP contribution < -0.4 is 5.32 Å². The van der Waals surface area contributed by atoms with Crippen molar-refractivity contribution >= 4 is 11.6 Å². The molecule has 0 saturated heterocycles. The van der Waals surface area contributed by atoms with Gasteiger partial charge in [-0.05, 0) is 73.6 Å². The summed E-state index contributed by atoms with van der Waals surface area (Å²) in [6, 6.07) is 14.2. The fourth-order valence-corrected chi connectivity index (χ4v) is 3.95. The lowest BCUT2D eigenvalue weighted by Gasteiger charge is -2.15. The molecule has 0 unspecified atom stereocenters. The van der Waals surface area contributed by atoms with E-state index in [1.54, 1.807) is 24.3 Å². The lowest BCUT2D eigenvalue weighted by Crippen LogP contribution is -2.12. The molecule has 0 saturated carbocycles. The van der Waals surface area contributed by atoms with E-state index in [-0.39, 0.29) is 5.91 Å². The van der Waals surface area contributed by atoms with Crippen molar-refractivity contribution in [3.8, 4) is 5.69 Å². The molecular formula is C24H24F3N3O. The standard InChI is InChI=1S/C24H24F3N3O/c1-15(2)16-7-11-18(12-8-16)28-23(31)17-9-13-19(14-10-17)30-21-6-4-3-5-20(21)22(29-30)24(25,26)27/h7-15H,3-6H2,1-2H3,(H,28,31). The van der Waals surface area contributed by atoms with Gasteiger partial charge in [0.15, 0.2) is 5.69 Å². The van der Waals surface area contributed by atoms with Crippen LogP contribution >= 0.6 is 0 Å². The van der Waals surface area contributed by atoms with Crippen LogP contribution in [0.2, 0.25) is 0 Å². The van der Waals surface area contributed by atoms with E-state index in [0.717, 1.165) is 12.8 Å². The maximum absolute atomic E-state index is 13.4. The monoisotopic (exact) mass is 427 g/mol. The Morgan fingerprint density at radius 3 is 2.26 bits per heavy atom. The highest BCUT2D eigenvalue weighted by molar-refractivity contribution is 6.04. The largest absolute Gasteiger partial charge is 0.435 e. The van der Waals surface area contributed by atoms with Crippen LogP contribution in [0.15, 0.2) is 48.5 Å². The number of fused-ring (bicyclic) bond motifs is 1. The number of hydrogen-bond donors (Lipinski definition) is 1. The van der Waals surface area contributed by atoms with Gasteiger partial charge in [0.05, 0.1) is 5.69 Å². The van der Waals surface area contributed by atoms with Crippen molar-refractivity contribution in [2.45, 2.75) is 51.6 Å². The molecule has 1 heterocycles. The van der Waals surface area contributed by atoms with Crippen LogP contribution in [0.3, 0.4) is 0 Å². The number of benzene rings is 2. The molecule has 4 rings (SSSR count). The first-order chi connectivity index (χ1) is 14.7. The van der Waals surface area contributed by atoms with Crippen LogP contribution in [-0.2, 0) is 19.0 Å². The second-order valence-corrected chi connectivity index (χ2v) is 8.17. The third kappa shape index (κ3) is 4.36. The predicted octanol–water partition coefficient (Wildman–Crippen LogP) is 6.15. The molecule has 4 nitrogen and oxygen atoms in total. The molecule has 1 amide bonds. The summed E-state index contributed by atoms with van der Waals surface area (Å²) in [5.41, 5.74) is 2.93. The van der Waals surface area contributed by atoms with Crippen molar-refractivity contribution in [3.05, 3.63) is 76.6 Å². The third-order valence-electron chi connectivity index (χ3n) is 5.66. The van der Waals surface area contributed by atoms with Gasteiger partial charge in [-0.1, -0.05) is 26.0 Å². The molecular weight excluding hydrogens is 403 g/mol. The van der Waals surface area contributed by atoms with E-state index >= 15 is 0 Å². The Morgan fingerprint density at radius 1 is 1.00 bits per heavy atom. The summed E-state index contributed by atoms with van der Waals surface area (Å²) in [6.45, 7) is 4.20. The van der Waals surface area contributed by atoms with Crippen molar-refractivity contribution < 1.29 is 18.0 Å². The fourth-order valence-electron chi connectivity index (χ4n) is 3.95. The molecule has 0 bridgehead atoms. The van der Waals surface area contributed by atoms with Crippen molar-refractivity contribution in [2.24, 2.45) is 0 Å². The number of anilines is 1. The molecule has 31 heavy (non-hydrogen) atoms. The highest BCUT2D eigenvalue weighted by atomic mass is 19.4. The van der Waals surface area contributed by atoms with Gasteiger partial charge in [-0.25, -0.2) is 4.68 Å². The SMILES string of the molecule is CC(C)c1ccc(NC(=O)c2ccc(-n3nc(C(F)(F)F)c4c3CCCC4)cc2)cc1. The van der Waals surface area contributed by atoms with Gasteiger partial charge in [-0.15, -0.1) is 0 Å². The highest BCUT2D eigenvalue weighted by Crippen LogP contribution is 2.36. The predicted molar refractivity (Wildman–Crippen MR) is 114 cm³/mol. The van der Waals surface area contributed by atoms with Crippen LogP contribution in [-0.4, -0.2) is 15.7 Å². The Balaban J connectivity index is 1.56. The van der Waals surface area contributed by atoms with Crippen molar-refractivity contribution in [1.29, 1.82) is 0 Å². The second-order valence-electron chi connectivity index (χ2n) is 8.17. The maximum atomic E-state index is 13.4. The van der Waals surface area contributed by atoms with Crippen molar-refractivity contribution in [2.75, 3.05) is 5.32 Å². The second kappa shape index (κ2) is 8.21. The number of alkyl halides is 3. The molecule has 0 radical (unpaired) electrons. The van der Waals surface area contributed by atoms with Gasteiger partial charge in [-0.3, -0.25) is 4.79 Å². The van der Waals surface area contributed by atoms with Gasteiger partial charge in [0.25, 0.3) is 5.91 Å². The number of halogens is 3. The molecule has 0 fully saturated rings. The number of hydrogen-bond acceptors (Lipinski definition) is 2. The number of nitrogens with zero attached hydrogens (tertiary/aromatic N) is 2. The normalized spacial score (nSPS) is 13.9. The zero-order chi connectivity index (χ0) is 22.2. The van der Waals surface area contributed by atoms with Gasteiger partial charge in [0.2, 0.25) is 0 Å². The molecule has 7 heteroatoms. The summed E-state index contributed by atoms with van der Waals surface area (Å²) in [5.74, 6) is 0.130. The van der Waals surface area contributed by atoms with E-state index in [2.05, 4.69) is 24.3 Å². The van der Waals surface area contributed by atoms with E-state index in [0.29, 0.717) is 47.0 Å². The smallest absolute Gasteiger partial charge is 0.322 e. The van der Waals surface area contributed by atoms with E-state index in [1.807, 2.05) is 24.3 Å². The Kier molecular flexibility index (Phi) is 5.60. The first kappa shape index (κ1) is 21.2. The molecule has 1 N–H and O–H groups in total. The zero-order valence-electron chi connectivity index (χ0n) is 17.5. The minimum Gasteiger partial charge on any atom is -0.322 e. The number of carbonyl (C=O) groups excluding carboxylic acids is 1. The average Bonchev–Trinajstić information content (AvgIpc) is 3.14. The molecule has 0 atom stereocenters. The van der Waals surface area contributed by atoms with Crippen LogP contribution in [0.1, 0.15) is 65.5 Å². The molecule has 0 aliphatic heterocycles. The van der Waals surface area contributed by atoms with Gasteiger partial charge in [-0.2, -0.15) is 18.3 Å². The summed E-state index contributed by atoms with van der Waals surface area (Å²) in [4.78, 5) is 12.6. The highest BCUT2D eigenvalue weighted by Gasteiger charge is 2.39. The van der Waals surface area contributed by atoms with Crippen molar-refractivity contribution in [1.82, 2.24) is 9.78 Å². The molecule has 1 aromatic heterocycles. The zero-order valence-corrected chi connectivity index (χ0v) is 17.5. The molecule has 1 aliphatic rings. The number of nitrogens with one attached hydrogen (secondary N) is 1. The topological polar surface area (TPSA) is 46.9 Å². The summed E-state index contributed by atoms with van der Waals surface area (Å²) in [5, 5.41) is 6.74. The number of aromatic nitrogens is 2.